The number of nitriles is 2. The fourth-order valence-corrected chi connectivity index (χ4v) is 2.29. The Bertz CT molecular complexity index is 1130. The summed E-state index contributed by atoms with van der Waals surface area (Å²) in [4.78, 5) is 0. The highest BCUT2D eigenvalue weighted by molar-refractivity contribution is 6.30. The van der Waals surface area contributed by atoms with E-state index in [-0.39, 0.29) is 17.0 Å². The van der Waals surface area contributed by atoms with E-state index < -0.39 is 11.9 Å². The van der Waals surface area contributed by atoms with Gasteiger partial charge in [-0.3, -0.25) is 4.68 Å². The van der Waals surface area contributed by atoms with Crippen LogP contribution in [-0.4, -0.2) is 30.2 Å². The molecule has 0 fully saturated rings. The highest BCUT2D eigenvalue weighted by atomic mass is 35.5. The third-order valence-electron chi connectivity index (χ3n) is 3.49. The van der Waals surface area contributed by atoms with Crippen LogP contribution >= 0.6 is 11.6 Å². The zero-order chi connectivity index (χ0) is 21.8. The third kappa shape index (κ3) is 5.24. The summed E-state index contributed by atoms with van der Waals surface area (Å²) in [7, 11) is 1.39. The van der Waals surface area contributed by atoms with Gasteiger partial charge >= 0.3 is 6.18 Å². The van der Waals surface area contributed by atoms with Crippen LogP contribution in [0.4, 0.5) is 13.2 Å². The van der Waals surface area contributed by atoms with Crippen molar-refractivity contribution in [1.29, 1.82) is 10.5 Å². The van der Waals surface area contributed by atoms with Gasteiger partial charge in [0.1, 0.15) is 12.1 Å². The van der Waals surface area contributed by atoms with E-state index in [0.29, 0.717) is 16.4 Å². The molecule has 0 spiro atoms. The lowest BCUT2D eigenvalue weighted by Gasteiger charge is -2.06. The van der Waals surface area contributed by atoms with Crippen LogP contribution in [0.3, 0.4) is 0 Å². The van der Waals surface area contributed by atoms with Crippen LogP contribution in [0.15, 0.2) is 18.3 Å². The van der Waals surface area contributed by atoms with Gasteiger partial charge < -0.3 is 0 Å². The Morgan fingerprint density at radius 2 is 1.52 bits per heavy atom. The molecule has 3 aromatic heterocycles. The van der Waals surface area contributed by atoms with Crippen LogP contribution in [-0.2, 0) is 13.2 Å². The van der Waals surface area contributed by atoms with E-state index in [1.807, 2.05) is 6.07 Å². The van der Waals surface area contributed by atoms with Gasteiger partial charge in [-0.25, -0.2) is 0 Å². The van der Waals surface area contributed by atoms with E-state index in [9.17, 15) is 13.2 Å². The largest absolute Gasteiger partial charge is 0.435 e. The molecule has 3 heterocycles. The van der Waals surface area contributed by atoms with Crippen LogP contribution in [0, 0.1) is 36.5 Å². The highest BCUT2D eigenvalue weighted by Crippen LogP contribution is 2.35. The minimum Gasteiger partial charge on any atom is -0.275 e. The molecule has 0 saturated heterocycles. The molecule has 0 aliphatic carbocycles. The molecule has 0 radical (unpaired) electrons. The fourth-order valence-electron chi connectivity index (χ4n) is 2.20. The normalized spacial score (nSPS) is 10.5. The Hall–Kier alpha value is -3.57. The van der Waals surface area contributed by atoms with Crippen molar-refractivity contribution in [3.8, 4) is 23.4 Å². The lowest BCUT2D eigenvalue weighted by atomic mass is 10.1. The van der Waals surface area contributed by atoms with Gasteiger partial charge in [0.05, 0.1) is 11.3 Å². The van der Waals surface area contributed by atoms with E-state index in [1.165, 1.54) is 19.3 Å². The lowest BCUT2D eigenvalue weighted by Crippen LogP contribution is -2.09. The zero-order valence-corrected chi connectivity index (χ0v) is 16.1. The van der Waals surface area contributed by atoms with Crippen molar-refractivity contribution in [2.24, 2.45) is 7.05 Å². The number of hydrogen-bond donors (Lipinski definition) is 0. The molecule has 3 aromatic rings. The molecule has 0 aliphatic rings. The summed E-state index contributed by atoms with van der Waals surface area (Å²) in [5.41, 5.74) is 0.458. The Labute approximate surface area is 168 Å². The topological polar surface area (TPSA) is 117 Å². The summed E-state index contributed by atoms with van der Waals surface area (Å²) in [6, 6.07) is 6.62. The van der Waals surface area contributed by atoms with Crippen molar-refractivity contribution in [1.82, 2.24) is 30.2 Å². The van der Waals surface area contributed by atoms with Crippen molar-refractivity contribution in [2.75, 3.05) is 0 Å². The summed E-state index contributed by atoms with van der Waals surface area (Å²) in [5.74, 6) is 0. The zero-order valence-electron chi connectivity index (χ0n) is 15.3. The Morgan fingerprint density at radius 3 is 2.00 bits per heavy atom. The molecule has 12 heteroatoms. The quantitative estimate of drug-likeness (QED) is 0.592. The number of nitrogens with zero attached hydrogens (tertiary/aromatic N) is 8. The predicted molar refractivity (Wildman–Crippen MR) is 95.2 cm³/mol. The van der Waals surface area contributed by atoms with Crippen molar-refractivity contribution >= 4 is 11.6 Å². The van der Waals surface area contributed by atoms with E-state index >= 15 is 0 Å². The van der Waals surface area contributed by atoms with Gasteiger partial charge in [-0.15, -0.1) is 20.4 Å². The molecule has 29 heavy (non-hydrogen) atoms. The van der Waals surface area contributed by atoms with Crippen molar-refractivity contribution < 1.29 is 13.2 Å². The number of rotatable bonds is 1. The lowest BCUT2D eigenvalue weighted by molar-refractivity contribution is -0.141. The minimum absolute atomic E-state index is 0.0544. The average molecular weight is 421 g/mol. The monoisotopic (exact) mass is 420 g/mol. The standard InChI is InChI=1S/C11H8F3N5.C6H4ClN3/c1-6-3-7(4-15)16-17-9(6)8-5-19(2)18-10(8)11(12,13)14;1-4-2-5(3-8)9-10-6(4)7/h3,5H,1-2H3;2H,1H3. The van der Waals surface area contributed by atoms with Crippen LogP contribution in [0.1, 0.15) is 28.2 Å². The molecule has 0 unspecified atom stereocenters. The van der Waals surface area contributed by atoms with Gasteiger partial charge in [0.2, 0.25) is 0 Å². The summed E-state index contributed by atoms with van der Waals surface area (Å²) < 4.78 is 39.6. The molecule has 0 aromatic carbocycles. The maximum Gasteiger partial charge on any atom is 0.435 e. The molecule has 0 amide bonds. The van der Waals surface area contributed by atoms with Crippen LogP contribution in [0.5, 0.6) is 0 Å². The molecule has 0 N–H and O–H groups in total. The first kappa shape index (κ1) is 21.7. The molecule has 0 atom stereocenters. The van der Waals surface area contributed by atoms with E-state index in [0.717, 1.165) is 10.2 Å². The first-order chi connectivity index (χ1) is 13.6. The van der Waals surface area contributed by atoms with Crippen LogP contribution in [0.2, 0.25) is 5.15 Å². The van der Waals surface area contributed by atoms with Crippen molar-refractivity contribution in [2.45, 2.75) is 20.0 Å². The van der Waals surface area contributed by atoms with Crippen molar-refractivity contribution in [3.05, 3.63) is 51.7 Å². The van der Waals surface area contributed by atoms with Gasteiger partial charge in [0.15, 0.2) is 22.2 Å². The number of aromatic nitrogens is 6. The summed E-state index contributed by atoms with van der Waals surface area (Å²) in [5, 5.41) is 35.1. The number of hydrogen-bond acceptors (Lipinski definition) is 7. The van der Waals surface area contributed by atoms with Gasteiger partial charge in [-0.1, -0.05) is 11.6 Å². The van der Waals surface area contributed by atoms with Crippen LogP contribution in [0.25, 0.3) is 11.3 Å². The summed E-state index contributed by atoms with van der Waals surface area (Å²) >= 11 is 5.55. The minimum atomic E-state index is -4.57. The number of alkyl halides is 3. The smallest absolute Gasteiger partial charge is 0.275 e. The molecule has 0 saturated carbocycles. The van der Waals surface area contributed by atoms with E-state index in [4.69, 9.17) is 22.1 Å². The van der Waals surface area contributed by atoms with Crippen molar-refractivity contribution in [3.63, 3.8) is 0 Å². The molecular weight excluding hydrogens is 409 g/mol. The molecule has 8 nitrogen and oxygen atoms in total. The van der Waals surface area contributed by atoms with Gasteiger partial charge in [0.25, 0.3) is 0 Å². The van der Waals surface area contributed by atoms with E-state index in [1.54, 1.807) is 26.0 Å². The maximum absolute atomic E-state index is 12.8. The second-order valence-electron chi connectivity index (χ2n) is 5.75. The Balaban J connectivity index is 0.000000253. The number of halogens is 4. The van der Waals surface area contributed by atoms with E-state index in [2.05, 4.69) is 25.5 Å². The maximum atomic E-state index is 12.8. The molecule has 0 bridgehead atoms. The molecule has 148 valence electrons. The Morgan fingerprint density at radius 1 is 0.966 bits per heavy atom. The average Bonchev–Trinajstić information content (AvgIpc) is 3.06. The first-order valence-electron chi connectivity index (χ1n) is 7.82. The van der Waals surface area contributed by atoms with Crippen LogP contribution < -0.4 is 0 Å². The van der Waals surface area contributed by atoms with Gasteiger partial charge in [0, 0.05) is 13.2 Å². The first-order valence-corrected chi connectivity index (χ1v) is 8.20. The fraction of sp³-hybridized carbons (Fsp3) is 0.235. The SMILES string of the molecule is Cc1cc(C#N)nnc1-c1cn(C)nc1C(F)(F)F.Cc1cc(C#N)nnc1Cl. The van der Waals surface area contributed by atoms with Gasteiger partial charge in [-0.05, 0) is 37.1 Å². The second kappa shape index (κ2) is 8.63. The highest BCUT2D eigenvalue weighted by Gasteiger charge is 2.38. The summed E-state index contributed by atoms with van der Waals surface area (Å²) in [6.07, 6.45) is -3.34. The third-order valence-corrected chi connectivity index (χ3v) is 3.86. The number of aryl methyl sites for hydroxylation is 3. The summed E-state index contributed by atoms with van der Waals surface area (Å²) in [6.45, 7) is 3.34. The predicted octanol–water partition coefficient (Wildman–Crippen LogP) is 3.39. The Kier molecular flexibility index (Phi) is 6.46. The molecular formula is C17H12ClF3N8. The molecule has 3 rings (SSSR count). The molecule has 0 aliphatic heterocycles. The van der Waals surface area contributed by atoms with Gasteiger partial charge in [-0.2, -0.15) is 28.8 Å². The second-order valence-corrected chi connectivity index (χ2v) is 6.11.